The molecule has 9 heteroatoms. The number of esters is 1. The Labute approximate surface area is 144 Å². The second-order valence-electron chi connectivity index (χ2n) is 4.91. The van der Waals surface area contributed by atoms with Crippen LogP contribution in [-0.4, -0.2) is 45.2 Å². The minimum absolute atomic E-state index is 0.0417. The van der Waals surface area contributed by atoms with Gasteiger partial charge in [0.2, 0.25) is 11.7 Å². The molecule has 0 fully saturated rings. The number of ether oxygens (including phenoxy) is 1. The Morgan fingerprint density at radius 2 is 2.04 bits per heavy atom. The first kappa shape index (κ1) is 17.9. The number of carbonyl (C=O) groups is 2. The summed E-state index contributed by atoms with van der Waals surface area (Å²) < 4.78 is 4.80. The quantitative estimate of drug-likeness (QED) is 0.571. The zero-order valence-corrected chi connectivity index (χ0v) is 14.0. The third kappa shape index (κ3) is 5.62. The van der Waals surface area contributed by atoms with Crippen LogP contribution in [0.3, 0.4) is 0 Å². The third-order valence-corrected chi connectivity index (χ3v) is 3.28. The van der Waals surface area contributed by atoms with E-state index in [0.717, 1.165) is 5.56 Å². The lowest BCUT2D eigenvalue weighted by atomic mass is 10.2. The zero-order chi connectivity index (χ0) is 17.4. The molecule has 0 bridgehead atoms. The number of benzene rings is 1. The van der Waals surface area contributed by atoms with Gasteiger partial charge in [-0.25, -0.2) is 0 Å². The van der Waals surface area contributed by atoms with Crippen molar-refractivity contribution in [2.45, 2.75) is 26.3 Å². The molecule has 0 aliphatic carbocycles. The number of nitrogens with zero attached hydrogens (tertiary/aromatic N) is 4. The average Bonchev–Trinajstić information content (AvgIpc) is 3.01. The molecule has 24 heavy (non-hydrogen) atoms. The van der Waals surface area contributed by atoms with Gasteiger partial charge in [0.15, 0.2) is 0 Å². The summed E-state index contributed by atoms with van der Waals surface area (Å²) in [5.74, 6) is -0.0991. The van der Waals surface area contributed by atoms with E-state index in [1.165, 1.54) is 4.80 Å². The van der Waals surface area contributed by atoms with E-state index in [1.54, 1.807) is 31.2 Å². The Balaban J connectivity index is 1.76. The predicted molar refractivity (Wildman–Crippen MR) is 87.1 cm³/mol. The van der Waals surface area contributed by atoms with Crippen LogP contribution in [0.4, 0.5) is 0 Å². The molecule has 0 aliphatic rings. The molecule has 8 nitrogen and oxygen atoms in total. The van der Waals surface area contributed by atoms with E-state index in [0.29, 0.717) is 30.4 Å². The molecule has 0 radical (unpaired) electrons. The molecule has 0 saturated carbocycles. The summed E-state index contributed by atoms with van der Waals surface area (Å²) >= 11 is 5.83. The highest BCUT2D eigenvalue weighted by atomic mass is 35.5. The van der Waals surface area contributed by atoms with Crippen LogP contribution in [0.5, 0.6) is 0 Å². The Kier molecular flexibility index (Phi) is 6.68. The number of amides is 1. The minimum Gasteiger partial charge on any atom is -0.466 e. The Morgan fingerprint density at radius 1 is 1.29 bits per heavy atom. The van der Waals surface area contributed by atoms with Crippen LogP contribution in [-0.2, 0) is 20.9 Å². The van der Waals surface area contributed by atoms with E-state index in [1.807, 2.05) is 0 Å². The third-order valence-electron chi connectivity index (χ3n) is 3.03. The molecular weight excluding hydrogens is 334 g/mol. The fourth-order valence-electron chi connectivity index (χ4n) is 1.90. The number of hydrogen-bond acceptors (Lipinski definition) is 6. The Hall–Kier alpha value is -2.48. The van der Waals surface area contributed by atoms with Crippen LogP contribution in [0.1, 0.15) is 19.8 Å². The number of hydrogen-bond donors (Lipinski definition) is 1. The molecule has 0 spiro atoms. The molecule has 2 rings (SSSR count). The molecule has 2 aromatic rings. The predicted octanol–water partition coefficient (Wildman–Crippen LogP) is 1.45. The van der Waals surface area contributed by atoms with Gasteiger partial charge in [-0.1, -0.05) is 11.6 Å². The van der Waals surface area contributed by atoms with Gasteiger partial charge in [0.1, 0.15) is 6.54 Å². The Bertz CT molecular complexity index is 687. The van der Waals surface area contributed by atoms with E-state index in [9.17, 15) is 9.59 Å². The maximum atomic E-state index is 11.8. The molecule has 1 aromatic carbocycles. The van der Waals surface area contributed by atoms with Crippen LogP contribution in [0, 0.1) is 0 Å². The van der Waals surface area contributed by atoms with Gasteiger partial charge in [0.25, 0.3) is 0 Å². The normalized spacial score (nSPS) is 10.4. The van der Waals surface area contributed by atoms with Crippen molar-refractivity contribution in [3.05, 3.63) is 29.3 Å². The first-order chi connectivity index (χ1) is 11.6. The van der Waals surface area contributed by atoms with E-state index in [4.69, 9.17) is 16.3 Å². The van der Waals surface area contributed by atoms with Crippen molar-refractivity contribution in [3.8, 4) is 11.4 Å². The summed E-state index contributed by atoms with van der Waals surface area (Å²) in [6.07, 6.45) is 0.793. The summed E-state index contributed by atoms with van der Waals surface area (Å²) in [5, 5.41) is 15.2. The van der Waals surface area contributed by atoms with E-state index in [-0.39, 0.29) is 24.8 Å². The summed E-state index contributed by atoms with van der Waals surface area (Å²) in [7, 11) is 0. The number of tetrazole rings is 1. The average molecular weight is 352 g/mol. The highest BCUT2D eigenvalue weighted by Crippen LogP contribution is 2.16. The maximum absolute atomic E-state index is 11.8. The molecule has 1 amide bonds. The monoisotopic (exact) mass is 351 g/mol. The summed E-state index contributed by atoms with van der Waals surface area (Å²) in [5.41, 5.74) is 0.764. The van der Waals surface area contributed by atoms with Gasteiger partial charge in [-0.2, -0.15) is 4.80 Å². The van der Waals surface area contributed by atoms with Crippen LogP contribution in [0.2, 0.25) is 5.02 Å². The van der Waals surface area contributed by atoms with Gasteiger partial charge in [-0.3, -0.25) is 9.59 Å². The van der Waals surface area contributed by atoms with Crippen LogP contribution < -0.4 is 5.32 Å². The molecule has 1 heterocycles. The smallest absolute Gasteiger partial charge is 0.305 e. The van der Waals surface area contributed by atoms with Crippen LogP contribution in [0.15, 0.2) is 24.3 Å². The van der Waals surface area contributed by atoms with Crippen molar-refractivity contribution >= 4 is 23.5 Å². The molecule has 0 aliphatic heterocycles. The molecular formula is C15H18ClN5O3. The highest BCUT2D eigenvalue weighted by molar-refractivity contribution is 6.30. The van der Waals surface area contributed by atoms with Crippen molar-refractivity contribution in [1.82, 2.24) is 25.5 Å². The molecule has 0 unspecified atom stereocenters. The highest BCUT2D eigenvalue weighted by Gasteiger charge is 2.09. The van der Waals surface area contributed by atoms with Gasteiger partial charge in [-0.05, 0) is 42.8 Å². The van der Waals surface area contributed by atoms with Crippen molar-refractivity contribution in [3.63, 3.8) is 0 Å². The lowest BCUT2D eigenvalue weighted by Gasteiger charge is -2.04. The number of rotatable bonds is 8. The lowest BCUT2D eigenvalue weighted by molar-refractivity contribution is -0.143. The van der Waals surface area contributed by atoms with Crippen molar-refractivity contribution < 1.29 is 14.3 Å². The van der Waals surface area contributed by atoms with E-state index >= 15 is 0 Å². The summed E-state index contributed by atoms with van der Waals surface area (Å²) in [6.45, 7) is 2.46. The molecule has 0 atom stereocenters. The molecule has 1 N–H and O–H groups in total. The van der Waals surface area contributed by atoms with Gasteiger partial charge in [0.05, 0.1) is 6.61 Å². The number of carbonyl (C=O) groups excluding carboxylic acids is 2. The van der Waals surface area contributed by atoms with Crippen molar-refractivity contribution in [2.75, 3.05) is 13.2 Å². The Morgan fingerprint density at radius 3 is 2.75 bits per heavy atom. The second kappa shape index (κ2) is 8.97. The fraction of sp³-hybridized carbons (Fsp3) is 0.400. The van der Waals surface area contributed by atoms with E-state index < -0.39 is 0 Å². The van der Waals surface area contributed by atoms with Crippen LogP contribution >= 0.6 is 11.6 Å². The maximum Gasteiger partial charge on any atom is 0.305 e. The standard InChI is InChI=1S/C15H18ClN5O3/c1-2-24-14(23)4-3-9-17-13(22)10-21-19-15(18-20-21)11-5-7-12(16)8-6-11/h5-8H,2-4,9-10H2,1H3,(H,17,22). The first-order valence-corrected chi connectivity index (χ1v) is 7.92. The lowest BCUT2D eigenvalue weighted by Crippen LogP contribution is -2.29. The van der Waals surface area contributed by atoms with Gasteiger partial charge < -0.3 is 10.1 Å². The second-order valence-corrected chi connectivity index (χ2v) is 5.35. The molecule has 0 saturated heterocycles. The molecule has 1 aromatic heterocycles. The topological polar surface area (TPSA) is 99.0 Å². The SMILES string of the molecule is CCOC(=O)CCCNC(=O)Cn1nnc(-c2ccc(Cl)cc2)n1. The minimum atomic E-state index is -0.266. The van der Waals surface area contributed by atoms with Gasteiger partial charge in [0, 0.05) is 23.6 Å². The van der Waals surface area contributed by atoms with Crippen molar-refractivity contribution in [2.24, 2.45) is 0 Å². The van der Waals surface area contributed by atoms with Gasteiger partial charge in [-0.15, -0.1) is 10.2 Å². The largest absolute Gasteiger partial charge is 0.466 e. The zero-order valence-electron chi connectivity index (χ0n) is 13.2. The van der Waals surface area contributed by atoms with Crippen LogP contribution in [0.25, 0.3) is 11.4 Å². The summed E-state index contributed by atoms with van der Waals surface area (Å²) in [6, 6.07) is 7.01. The first-order valence-electron chi connectivity index (χ1n) is 7.54. The number of nitrogens with one attached hydrogen (secondary N) is 1. The number of aromatic nitrogens is 4. The van der Waals surface area contributed by atoms with Crippen molar-refractivity contribution in [1.29, 1.82) is 0 Å². The van der Waals surface area contributed by atoms with E-state index in [2.05, 4.69) is 20.7 Å². The summed E-state index contributed by atoms with van der Waals surface area (Å²) in [4.78, 5) is 24.2. The molecule has 128 valence electrons. The number of halogens is 1. The fourth-order valence-corrected chi connectivity index (χ4v) is 2.03. The van der Waals surface area contributed by atoms with Gasteiger partial charge >= 0.3 is 5.97 Å².